The van der Waals surface area contributed by atoms with Gasteiger partial charge in [0.05, 0.1) is 0 Å². The van der Waals surface area contributed by atoms with Crippen molar-refractivity contribution in [2.45, 2.75) is 23.9 Å². The molecule has 0 aromatic heterocycles. The van der Waals surface area contributed by atoms with Crippen LogP contribution in [-0.4, -0.2) is 23.9 Å². The van der Waals surface area contributed by atoms with Gasteiger partial charge < -0.3 is 0 Å². The molecule has 0 spiro atoms. The molecule has 89 valence electrons. The van der Waals surface area contributed by atoms with Gasteiger partial charge in [-0.05, 0) is 6.08 Å². The molecule has 0 aromatic rings. The van der Waals surface area contributed by atoms with E-state index in [1.165, 1.54) is 0 Å². The van der Waals surface area contributed by atoms with Crippen LogP contribution in [0.3, 0.4) is 0 Å². The lowest BCUT2D eigenvalue weighted by Crippen LogP contribution is -2.60. The lowest BCUT2D eigenvalue weighted by atomic mass is 9.96. The second-order valence-corrected chi connectivity index (χ2v) is 2.45. The van der Waals surface area contributed by atoms with E-state index < -0.39 is 30.0 Å². The molecule has 0 heterocycles. The number of allylic oxidation sites excluding steroid dienone is 1. The van der Waals surface area contributed by atoms with Crippen LogP contribution in [0.2, 0.25) is 0 Å². The van der Waals surface area contributed by atoms with Crippen LogP contribution >= 0.6 is 0 Å². The predicted octanol–water partition coefficient (Wildman–Crippen LogP) is 3.44. The third-order valence-electron chi connectivity index (χ3n) is 1.46. The number of halogens is 9. The van der Waals surface area contributed by atoms with Crippen molar-refractivity contribution >= 4 is 0 Å². The Balaban J connectivity index is 5.61. The monoisotopic (exact) mass is 245 g/mol. The minimum atomic E-state index is -6.70. The van der Waals surface area contributed by atoms with Crippen LogP contribution in [0.1, 0.15) is 0 Å². The summed E-state index contributed by atoms with van der Waals surface area (Å²) in [4.78, 5) is 0. The summed E-state index contributed by atoms with van der Waals surface area (Å²) >= 11 is 0. The van der Waals surface area contributed by atoms with Crippen molar-refractivity contribution in [1.29, 1.82) is 0 Å². The van der Waals surface area contributed by atoms with Crippen LogP contribution < -0.4 is 0 Å². The molecule has 9 heteroatoms. The van der Waals surface area contributed by atoms with Gasteiger partial charge in [-0.15, -0.1) is 0 Å². The average Bonchev–Trinajstić information content (AvgIpc) is 1.98. The van der Waals surface area contributed by atoms with Crippen LogP contribution in [0.4, 0.5) is 39.5 Å². The van der Waals surface area contributed by atoms with E-state index in [0.717, 1.165) is 0 Å². The third-order valence-corrected chi connectivity index (χ3v) is 1.46. The fourth-order valence-electron chi connectivity index (χ4n) is 0.583. The number of rotatable bonds is 2. The molecule has 0 nitrogen and oxygen atoms in total. The highest BCUT2D eigenvalue weighted by Gasteiger charge is 2.79. The normalized spacial score (nSPS) is 18.5. The highest BCUT2D eigenvalue weighted by atomic mass is 19.4. The lowest BCUT2D eigenvalue weighted by Gasteiger charge is -2.33. The van der Waals surface area contributed by atoms with Crippen LogP contribution in [-0.2, 0) is 0 Å². The van der Waals surface area contributed by atoms with Crippen molar-refractivity contribution in [3.05, 3.63) is 12.7 Å². The van der Waals surface area contributed by atoms with Crippen molar-refractivity contribution in [3.63, 3.8) is 0 Å². The standard InChI is InChI=1S/C6H2F9/c1-2-3(7,5(10,11)12)4(8,9)6(13,14)15/h1-2H. The number of hydrogen-bond donors (Lipinski definition) is 0. The van der Waals surface area contributed by atoms with E-state index in [-0.39, 0.29) is 0 Å². The Morgan fingerprint density at radius 3 is 1.07 bits per heavy atom. The molecule has 0 amide bonds. The van der Waals surface area contributed by atoms with Crippen LogP contribution in [0.15, 0.2) is 6.08 Å². The molecule has 0 bridgehead atoms. The molecule has 15 heavy (non-hydrogen) atoms. The van der Waals surface area contributed by atoms with Gasteiger partial charge in [-0.3, -0.25) is 0 Å². The van der Waals surface area contributed by atoms with Gasteiger partial charge in [0, 0.05) is 0 Å². The molecule has 1 atom stereocenters. The largest absolute Gasteiger partial charge is 0.457 e. The van der Waals surface area contributed by atoms with Crippen molar-refractivity contribution < 1.29 is 39.5 Å². The topological polar surface area (TPSA) is 0 Å². The maximum absolute atomic E-state index is 12.5. The molecule has 0 aliphatic heterocycles. The van der Waals surface area contributed by atoms with E-state index in [1.54, 1.807) is 0 Å². The molecule has 0 aliphatic carbocycles. The Morgan fingerprint density at radius 1 is 0.667 bits per heavy atom. The Bertz CT molecular complexity index is 246. The summed E-state index contributed by atoms with van der Waals surface area (Å²) in [6.07, 6.45) is -14.5. The fourth-order valence-corrected chi connectivity index (χ4v) is 0.583. The zero-order valence-corrected chi connectivity index (χ0v) is 6.56. The first kappa shape index (κ1) is 14.1. The molecule has 0 saturated heterocycles. The summed E-state index contributed by atoms with van der Waals surface area (Å²) in [6.45, 7) is 3.88. The zero-order chi connectivity index (χ0) is 12.7. The van der Waals surface area contributed by atoms with E-state index in [4.69, 9.17) is 0 Å². The van der Waals surface area contributed by atoms with E-state index in [1.807, 2.05) is 0 Å². The van der Waals surface area contributed by atoms with Gasteiger partial charge in [-0.2, -0.15) is 35.1 Å². The van der Waals surface area contributed by atoms with Gasteiger partial charge >= 0.3 is 18.3 Å². The van der Waals surface area contributed by atoms with Gasteiger partial charge in [0.25, 0.3) is 5.67 Å². The average molecular weight is 245 g/mol. The Kier molecular flexibility index (Phi) is 3.11. The minimum absolute atomic E-state index is 1.36. The second-order valence-electron chi connectivity index (χ2n) is 2.45. The van der Waals surface area contributed by atoms with Crippen molar-refractivity contribution in [1.82, 2.24) is 0 Å². The summed E-state index contributed by atoms with van der Waals surface area (Å²) in [7, 11) is 0. The SMILES string of the molecule is [CH]=CC(F)(C(F)(F)F)C(F)(F)C(F)(F)F. The summed E-state index contributed by atoms with van der Waals surface area (Å²) in [5, 5.41) is 0. The molecule has 0 rings (SSSR count). The molecule has 1 unspecified atom stereocenters. The minimum Gasteiger partial charge on any atom is -0.222 e. The van der Waals surface area contributed by atoms with Gasteiger partial charge in [0.1, 0.15) is 0 Å². The summed E-state index contributed by atoms with van der Waals surface area (Å²) in [5.74, 6) is -6.65. The fraction of sp³-hybridized carbons (Fsp3) is 0.667. The van der Waals surface area contributed by atoms with Crippen molar-refractivity contribution in [3.8, 4) is 0 Å². The zero-order valence-electron chi connectivity index (χ0n) is 6.56. The molecular formula is C6H2F9. The first-order chi connectivity index (χ1) is 6.31. The van der Waals surface area contributed by atoms with Crippen LogP contribution in [0.5, 0.6) is 0 Å². The van der Waals surface area contributed by atoms with Gasteiger partial charge in [0.15, 0.2) is 0 Å². The first-order valence-corrected chi connectivity index (χ1v) is 3.07. The van der Waals surface area contributed by atoms with Gasteiger partial charge in [-0.25, -0.2) is 4.39 Å². The van der Waals surface area contributed by atoms with Crippen LogP contribution in [0.25, 0.3) is 0 Å². The van der Waals surface area contributed by atoms with E-state index in [2.05, 4.69) is 6.58 Å². The second kappa shape index (κ2) is 3.31. The molecule has 0 fully saturated rings. The molecule has 0 aliphatic rings. The molecule has 0 N–H and O–H groups in total. The van der Waals surface area contributed by atoms with Crippen LogP contribution in [0, 0.1) is 6.58 Å². The quantitative estimate of drug-likeness (QED) is 0.653. The highest BCUT2D eigenvalue weighted by Crippen LogP contribution is 2.53. The number of hydrogen-bond acceptors (Lipinski definition) is 0. The smallest absolute Gasteiger partial charge is 0.222 e. The summed E-state index contributed by atoms with van der Waals surface area (Å²) in [6, 6.07) is 0. The number of alkyl halides is 9. The van der Waals surface area contributed by atoms with Gasteiger partial charge in [-0.1, -0.05) is 6.58 Å². The van der Waals surface area contributed by atoms with Crippen molar-refractivity contribution in [2.75, 3.05) is 0 Å². The van der Waals surface area contributed by atoms with E-state index >= 15 is 0 Å². The molecule has 0 aromatic carbocycles. The maximum Gasteiger partial charge on any atom is 0.457 e. The third kappa shape index (κ3) is 1.91. The Hall–Kier alpha value is -0.890. The summed E-state index contributed by atoms with van der Waals surface area (Å²) in [5.41, 5.74) is -5.95. The first-order valence-electron chi connectivity index (χ1n) is 3.07. The highest BCUT2D eigenvalue weighted by molar-refractivity contribution is 5.12. The predicted molar refractivity (Wildman–Crippen MR) is 29.8 cm³/mol. The van der Waals surface area contributed by atoms with Gasteiger partial charge in [0.2, 0.25) is 0 Å². The Labute approximate surface area is 77.4 Å². The van der Waals surface area contributed by atoms with E-state index in [9.17, 15) is 39.5 Å². The molecular weight excluding hydrogens is 243 g/mol. The van der Waals surface area contributed by atoms with Crippen molar-refractivity contribution in [2.24, 2.45) is 0 Å². The molecule has 1 radical (unpaired) electrons. The Morgan fingerprint density at radius 2 is 1.00 bits per heavy atom. The maximum atomic E-state index is 12.5. The van der Waals surface area contributed by atoms with E-state index in [0.29, 0.717) is 0 Å². The summed E-state index contributed by atoms with van der Waals surface area (Å²) < 4.78 is 106. The lowest BCUT2D eigenvalue weighted by molar-refractivity contribution is -0.369. The molecule has 0 saturated carbocycles.